The quantitative estimate of drug-likeness (QED) is 0.306. The lowest BCUT2D eigenvalue weighted by Gasteiger charge is -2.18. The Morgan fingerprint density at radius 2 is 1.76 bits per heavy atom. The summed E-state index contributed by atoms with van der Waals surface area (Å²) in [7, 11) is 0. The zero-order valence-corrected chi connectivity index (χ0v) is 19.9. The lowest BCUT2D eigenvalue weighted by atomic mass is 10.1. The second-order valence-corrected chi connectivity index (χ2v) is 9.22. The van der Waals surface area contributed by atoms with Gasteiger partial charge in [-0.15, -0.1) is 0 Å². The van der Waals surface area contributed by atoms with Crippen molar-refractivity contribution in [3.05, 3.63) is 89.7 Å². The summed E-state index contributed by atoms with van der Waals surface area (Å²) in [4.78, 5) is 19.8. The van der Waals surface area contributed by atoms with Gasteiger partial charge >= 0.3 is 0 Å². The molecular formula is C29H31N3O2. The van der Waals surface area contributed by atoms with E-state index in [0.29, 0.717) is 19.6 Å². The van der Waals surface area contributed by atoms with Gasteiger partial charge in [-0.3, -0.25) is 4.79 Å². The SMILES string of the molecule is Cc1ccc(N2CC(c3nc4ccccc4n3CCCCOc3cccc(C)c3)CC2=O)cc1. The Balaban J connectivity index is 1.29. The van der Waals surface area contributed by atoms with E-state index in [0.717, 1.165) is 47.7 Å². The number of ether oxygens (including phenoxy) is 1. The van der Waals surface area contributed by atoms with Gasteiger partial charge in [-0.25, -0.2) is 4.98 Å². The van der Waals surface area contributed by atoms with Crippen LogP contribution in [-0.4, -0.2) is 28.6 Å². The molecule has 0 N–H and O–H groups in total. The van der Waals surface area contributed by atoms with Crippen molar-refractivity contribution in [2.45, 2.75) is 45.6 Å². The van der Waals surface area contributed by atoms with Gasteiger partial charge in [0.1, 0.15) is 11.6 Å². The molecule has 1 aliphatic heterocycles. The molecule has 0 spiro atoms. The number of hydrogen-bond donors (Lipinski definition) is 0. The smallest absolute Gasteiger partial charge is 0.227 e. The number of amides is 1. The highest BCUT2D eigenvalue weighted by atomic mass is 16.5. The first kappa shape index (κ1) is 22.2. The standard InChI is InChI=1S/C29H31N3O2/c1-21-12-14-24(15-13-21)32-20-23(19-28(32)33)29-30-26-10-3-4-11-27(26)31(29)16-5-6-17-34-25-9-7-8-22(2)18-25/h3-4,7-15,18,23H,5-6,16-17,19-20H2,1-2H3. The van der Waals surface area contributed by atoms with Crippen LogP contribution in [0, 0.1) is 13.8 Å². The van der Waals surface area contributed by atoms with Crippen molar-refractivity contribution in [2.75, 3.05) is 18.1 Å². The summed E-state index contributed by atoms with van der Waals surface area (Å²) in [5.74, 6) is 2.20. The zero-order chi connectivity index (χ0) is 23.5. The van der Waals surface area contributed by atoms with Crippen molar-refractivity contribution in [1.29, 1.82) is 0 Å². The summed E-state index contributed by atoms with van der Waals surface area (Å²) in [5, 5.41) is 0. The number of para-hydroxylation sites is 2. The third-order valence-corrected chi connectivity index (χ3v) is 6.55. The summed E-state index contributed by atoms with van der Waals surface area (Å²) in [6.45, 7) is 6.36. The third kappa shape index (κ3) is 4.69. The van der Waals surface area contributed by atoms with Crippen LogP contribution in [0.25, 0.3) is 11.0 Å². The first-order valence-electron chi connectivity index (χ1n) is 12.1. The average Bonchev–Trinajstić information content (AvgIpc) is 3.40. The van der Waals surface area contributed by atoms with Crippen LogP contribution in [0.1, 0.15) is 42.1 Å². The molecule has 1 atom stereocenters. The normalized spacial score (nSPS) is 15.9. The monoisotopic (exact) mass is 453 g/mol. The van der Waals surface area contributed by atoms with Gasteiger partial charge in [-0.1, -0.05) is 42.0 Å². The first-order valence-corrected chi connectivity index (χ1v) is 12.1. The predicted octanol–water partition coefficient (Wildman–Crippen LogP) is 6.03. The molecule has 1 fully saturated rings. The van der Waals surface area contributed by atoms with Crippen molar-refractivity contribution in [3.8, 4) is 5.75 Å². The summed E-state index contributed by atoms with van der Waals surface area (Å²) < 4.78 is 8.25. The maximum absolute atomic E-state index is 12.9. The van der Waals surface area contributed by atoms with Gasteiger partial charge in [0, 0.05) is 31.1 Å². The summed E-state index contributed by atoms with van der Waals surface area (Å²) in [5.41, 5.74) is 5.50. The Kier molecular flexibility index (Phi) is 6.35. The zero-order valence-electron chi connectivity index (χ0n) is 19.9. The van der Waals surface area contributed by atoms with Crippen molar-refractivity contribution in [3.63, 3.8) is 0 Å². The largest absolute Gasteiger partial charge is 0.494 e. The number of unbranched alkanes of at least 4 members (excludes halogenated alkanes) is 1. The number of anilines is 1. The fraction of sp³-hybridized carbons (Fsp3) is 0.310. The van der Waals surface area contributed by atoms with Gasteiger partial charge in [-0.05, 0) is 68.7 Å². The molecule has 1 saturated heterocycles. The molecule has 1 aromatic heterocycles. The molecule has 3 aromatic carbocycles. The highest BCUT2D eigenvalue weighted by Crippen LogP contribution is 2.33. The number of carbonyl (C=O) groups excluding carboxylic acids is 1. The molecular weight excluding hydrogens is 422 g/mol. The molecule has 0 radical (unpaired) electrons. The minimum absolute atomic E-state index is 0.0877. The van der Waals surface area contributed by atoms with Gasteiger partial charge < -0.3 is 14.2 Å². The van der Waals surface area contributed by atoms with Crippen molar-refractivity contribution >= 4 is 22.6 Å². The van der Waals surface area contributed by atoms with E-state index < -0.39 is 0 Å². The molecule has 5 heteroatoms. The molecule has 1 unspecified atom stereocenters. The lowest BCUT2D eigenvalue weighted by Crippen LogP contribution is -2.24. The van der Waals surface area contributed by atoms with Crippen molar-refractivity contribution in [2.24, 2.45) is 0 Å². The number of fused-ring (bicyclic) bond motifs is 1. The molecule has 0 saturated carbocycles. The third-order valence-electron chi connectivity index (χ3n) is 6.55. The number of carbonyl (C=O) groups is 1. The summed E-state index contributed by atoms with van der Waals surface area (Å²) in [6.07, 6.45) is 2.44. The Morgan fingerprint density at radius 1 is 0.941 bits per heavy atom. The van der Waals surface area contributed by atoms with Crippen LogP contribution in [0.3, 0.4) is 0 Å². The number of aryl methyl sites for hydroxylation is 3. The lowest BCUT2D eigenvalue weighted by molar-refractivity contribution is -0.117. The van der Waals surface area contributed by atoms with Crippen molar-refractivity contribution < 1.29 is 9.53 Å². The van der Waals surface area contributed by atoms with Gasteiger partial charge in [0.25, 0.3) is 0 Å². The van der Waals surface area contributed by atoms with Gasteiger partial charge in [-0.2, -0.15) is 0 Å². The van der Waals surface area contributed by atoms with E-state index in [1.54, 1.807) is 0 Å². The van der Waals surface area contributed by atoms with Crippen LogP contribution in [-0.2, 0) is 11.3 Å². The van der Waals surface area contributed by atoms with E-state index in [4.69, 9.17) is 9.72 Å². The Hall–Kier alpha value is -3.60. The number of imidazole rings is 1. The molecule has 5 nitrogen and oxygen atoms in total. The molecule has 0 aliphatic carbocycles. The number of hydrogen-bond acceptors (Lipinski definition) is 3. The van der Waals surface area contributed by atoms with Crippen LogP contribution >= 0.6 is 0 Å². The van der Waals surface area contributed by atoms with Gasteiger partial charge in [0.05, 0.1) is 17.6 Å². The van der Waals surface area contributed by atoms with E-state index in [-0.39, 0.29) is 11.8 Å². The number of nitrogens with zero attached hydrogens (tertiary/aromatic N) is 3. The molecule has 1 aliphatic rings. The van der Waals surface area contributed by atoms with Crippen LogP contribution in [0.2, 0.25) is 0 Å². The summed E-state index contributed by atoms with van der Waals surface area (Å²) in [6, 6.07) is 24.6. The fourth-order valence-corrected chi connectivity index (χ4v) is 4.76. The molecule has 4 aromatic rings. The van der Waals surface area contributed by atoms with Crippen LogP contribution in [0.5, 0.6) is 5.75 Å². The molecule has 5 rings (SSSR count). The summed E-state index contributed by atoms with van der Waals surface area (Å²) >= 11 is 0. The fourth-order valence-electron chi connectivity index (χ4n) is 4.76. The molecule has 1 amide bonds. The minimum Gasteiger partial charge on any atom is -0.494 e. The highest BCUT2D eigenvalue weighted by Gasteiger charge is 2.34. The van der Waals surface area contributed by atoms with Gasteiger partial charge in [0.2, 0.25) is 5.91 Å². The molecule has 174 valence electrons. The first-order chi connectivity index (χ1) is 16.6. The average molecular weight is 454 g/mol. The van der Waals surface area contributed by atoms with Crippen LogP contribution in [0.15, 0.2) is 72.8 Å². The van der Waals surface area contributed by atoms with E-state index in [1.165, 1.54) is 11.1 Å². The van der Waals surface area contributed by atoms with E-state index in [9.17, 15) is 4.79 Å². The van der Waals surface area contributed by atoms with Crippen molar-refractivity contribution in [1.82, 2.24) is 9.55 Å². The highest BCUT2D eigenvalue weighted by molar-refractivity contribution is 5.96. The van der Waals surface area contributed by atoms with Crippen LogP contribution < -0.4 is 9.64 Å². The second kappa shape index (κ2) is 9.72. The number of aromatic nitrogens is 2. The second-order valence-electron chi connectivity index (χ2n) is 9.22. The van der Waals surface area contributed by atoms with E-state index in [2.05, 4.69) is 60.9 Å². The Bertz CT molecular complexity index is 1290. The maximum Gasteiger partial charge on any atom is 0.227 e. The number of rotatable bonds is 8. The maximum atomic E-state index is 12.9. The molecule has 0 bridgehead atoms. The van der Waals surface area contributed by atoms with E-state index in [1.807, 2.05) is 35.2 Å². The minimum atomic E-state index is 0.0877. The number of benzene rings is 3. The topological polar surface area (TPSA) is 47.4 Å². The molecule has 34 heavy (non-hydrogen) atoms. The Labute approximate surface area is 201 Å². The van der Waals surface area contributed by atoms with Gasteiger partial charge in [0.15, 0.2) is 0 Å². The molecule has 2 heterocycles. The predicted molar refractivity (Wildman–Crippen MR) is 137 cm³/mol. The van der Waals surface area contributed by atoms with E-state index >= 15 is 0 Å². The van der Waals surface area contributed by atoms with Crippen LogP contribution in [0.4, 0.5) is 5.69 Å². The Morgan fingerprint density at radius 3 is 2.59 bits per heavy atom.